The molecule has 0 aliphatic rings. The average Bonchev–Trinajstić information content (AvgIpc) is 3.05. The first-order valence-electron chi connectivity index (χ1n) is 14.5. The van der Waals surface area contributed by atoms with Gasteiger partial charge in [-0.25, -0.2) is 0 Å². The molecule has 0 fully saturated rings. The minimum absolute atomic E-state index is 0.104. The molecule has 0 radical (unpaired) electrons. The Morgan fingerprint density at radius 1 is 0.577 bits per heavy atom. The highest BCUT2D eigenvalue weighted by Gasteiger charge is 2.25. The quantitative estimate of drug-likeness (QED) is 0.0649. The van der Waals surface area contributed by atoms with E-state index in [1.165, 1.54) is 48.5 Å². The Labute approximate surface area is 306 Å². The second kappa shape index (κ2) is 16.4. The molecule has 0 aliphatic carbocycles. The van der Waals surface area contributed by atoms with Crippen molar-refractivity contribution in [2.75, 3.05) is 10.6 Å². The van der Waals surface area contributed by atoms with Crippen LogP contribution in [-0.2, 0) is 39.4 Å². The molecule has 270 valence electrons. The van der Waals surface area contributed by atoms with Gasteiger partial charge in [-0.15, -0.1) is 0 Å². The molecule has 0 saturated carbocycles. The third-order valence-electron chi connectivity index (χ3n) is 6.90. The maximum atomic E-state index is 12.7. The molecule has 0 bridgehead atoms. The number of hydrogen-bond acceptors (Lipinski definition) is 12. The van der Waals surface area contributed by atoms with E-state index in [1.54, 1.807) is 12.1 Å². The Kier molecular flexibility index (Phi) is 12.5. The number of halogens is 2. The molecule has 0 saturated heterocycles. The molecule has 0 aliphatic heterocycles. The summed E-state index contributed by atoms with van der Waals surface area (Å²) in [5.41, 5.74) is 1.68. The van der Waals surface area contributed by atoms with Crippen LogP contribution < -0.4 is 10.6 Å². The third-order valence-corrected chi connectivity index (χ3v) is 9.24. The van der Waals surface area contributed by atoms with Crippen LogP contribution in [0.5, 0.6) is 0 Å². The zero-order valence-electron chi connectivity index (χ0n) is 26.8. The third kappa shape index (κ3) is 10.4. The number of nitrogens with one attached hydrogen (secondary N) is 2. The zero-order chi connectivity index (χ0) is 38.4. The van der Waals surface area contributed by atoms with E-state index in [0.29, 0.717) is 11.1 Å². The van der Waals surface area contributed by atoms with E-state index in [0.717, 1.165) is 38.1 Å². The summed E-state index contributed by atoms with van der Waals surface area (Å²) < 4.78 is 63.1. The van der Waals surface area contributed by atoms with Crippen molar-refractivity contribution >= 4 is 89.6 Å². The molecule has 4 aromatic rings. The number of carbonyl (C=O) groups is 4. The van der Waals surface area contributed by atoms with Crippen LogP contribution >= 0.6 is 23.2 Å². The molecular weight excluding hydrogens is 763 g/mol. The van der Waals surface area contributed by atoms with Crippen molar-refractivity contribution < 1.29 is 45.1 Å². The largest absolute Gasteiger partial charge is 0.324 e. The SMILES string of the molecule is CC(=O)[C@H](N=Nc1ccc(-c2ccc(N=N[C@@H](C(C)=O)C(=O)Nc3ccc(S(=O)(=O)O)cc3)c(Cl)c2)cc1Cl)C(=O)Nc1ccc(S(=O)(=O)O)cc1. The summed E-state index contributed by atoms with van der Waals surface area (Å²) in [6.07, 6.45) is 0. The van der Waals surface area contributed by atoms with Crippen LogP contribution in [-0.4, -0.2) is 61.4 Å². The first-order chi connectivity index (χ1) is 24.3. The second-order valence-electron chi connectivity index (χ2n) is 10.8. The molecule has 4 rings (SSSR count). The summed E-state index contributed by atoms with van der Waals surface area (Å²) in [5, 5.41) is 20.7. The van der Waals surface area contributed by atoms with E-state index < -0.39 is 55.7 Å². The molecule has 4 N–H and O–H groups in total. The fourth-order valence-corrected chi connectivity index (χ4v) is 5.65. The number of ketones is 2. The maximum Gasteiger partial charge on any atom is 0.294 e. The lowest BCUT2D eigenvalue weighted by Crippen LogP contribution is -2.31. The highest BCUT2D eigenvalue weighted by molar-refractivity contribution is 7.86. The number of benzene rings is 4. The van der Waals surface area contributed by atoms with Gasteiger partial charge in [0.25, 0.3) is 32.1 Å². The summed E-state index contributed by atoms with van der Waals surface area (Å²) in [4.78, 5) is 49.1. The van der Waals surface area contributed by atoms with Gasteiger partial charge in [-0.1, -0.05) is 35.3 Å². The molecular formula is C32H26Cl2N6O10S2. The van der Waals surface area contributed by atoms with Gasteiger partial charge in [-0.3, -0.25) is 28.3 Å². The molecule has 0 heterocycles. The van der Waals surface area contributed by atoms with Gasteiger partial charge in [0.1, 0.15) is 11.4 Å². The summed E-state index contributed by atoms with van der Waals surface area (Å²) in [6.45, 7) is 2.27. The molecule has 2 amide bonds. The topological polar surface area (TPSA) is 251 Å². The summed E-state index contributed by atoms with van der Waals surface area (Å²) in [7, 11) is -8.87. The minimum Gasteiger partial charge on any atom is -0.324 e. The normalized spacial score (nSPS) is 13.1. The number of azo groups is 2. The van der Waals surface area contributed by atoms with E-state index in [-0.39, 0.29) is 42.6 Å². The van der Waals surface area contributed by atoms with Crippen molar-refractivity contribution in [3.8, 4) is 11.1 Å². The number of anilines is 2. The van der Waals surface area contributed by atoms with E-state index in [1.807, 2.05) is 0 Å². The van der Waals surface area contributed by atoms with E-state index in [4.69, 9.17) is 32.3 Å². The zero-order valence-corrected chi connectivity index (χ0v) is 29.9. The maximum absolute atomic E-state index is 12.7. The lowest BCUT2D eigenvalue weighted by atomic mass is 10.0. The summed E-state index contributed by atoms with van der Waals surface area (Å²) in [5.74, 6) is -2.98. The highest BCUT2D eigenvalue weighted by atomic mass is 35.5. The monoisotopic (exact) mass is 788 g/mol. The fraction of sp³-hybridized carbons (Fsp3) is 0.125. The van der Waals surface area contributed by atoms with E-state index in [2.05, 4.69) is 31.1 Å². The molecule has 0 aromatic heterocycles. The van der Waals surface area contributed by atoms with Gasteiger partial charge in [0.15, 0.2) is 11.6 Å². The van der Waals surface area contributed by atoms with Gasteiger partial charge < -0.3 is 10.6 Å². The smallest absolute Gasteiger partial charge is 0.294 e. The van der Waals surface area contributed by atoms with Gasteiger partial charge in [0.2, 0.25) is 12.1 Å². The van der Waals surface area contributed by atoms with Crippen molar-refractivity contribution in [1.82, 2.24) is 0 Å². The van der Waals surface area contributed by atoms with Crippen LogP contribution in [0.3, 0.4) is 0 Å². The van der Waals surface area contributed by atoms with Crippen molar-refractivity contribution in [2.45, 2.75) is 35.7 Å². The first kappa shape index (κ1) is 39.5. The lowest BCUT2D eigenvalue weighted by molar-refractivity contribution is -0.127. The van der Waals surface area contributed by atoms with Crippen LogP contribution in [0.15, 0.2) is 115 Å². The number of rotatable bonds is 13. The first-order valence-corrected chi connectivity index (χ1v) is 18.2. The van der Waals surface area contributed by atoms with Crippen molar-refractivity contribution in [3.63, 3.8) is 0 Å². The second-order valence-corrected chi connectivity index (χ2v) is 14.4. The van der Waals surface area contributed by atoms with Gasteiger partial charge in [-0.2, -0.15) is 37.3 Å². The minimum atomic E-state index is -4.44. The predicted octanol–water partition coefficient (Wildman–Crippen LogP) is 6.51. The number of hydrogen-bond donors (Lipinski definition) is 4. The van der Waals surface area contributed by atoms with Gasteiger partial charge in [-0.05, 0) is 97.8 Å². The highest BCUT2D eigenvalue weighted by Crippen LogP contribution is 2.35. The Balaban J connectivity index is 1.45. The standard InChI is InChI=1S/C32H26Cl2N6O10S2/c1-17(41)29(31(43)35-21-5-9-23(10-6-21)51(45,46)47)39-37-27-13-3-19(15-25(27)33)20-4-14-28(26(34)16-20)38-40-30(18(2)42)32(44)36-22-7-11-24(12-8-22)52(48,49)50/h3-16,29-30H,1-2H3,(H,35,43)(H,36,44)(H,45,46,47)(H,48,49,50)/t29-,30-/m0/s1. The number of nitrogens with zero attached hydrogens (tertiary/aromatic N) is 4. The summed E-state index contributed by atoms with van der Waals surface area (Å²) >= 11 is 12.8. The van der Waals surface area contributed by atoms with Crippen molar-refractivity contribution in [1.29, 1.82) is 0 Å². The van der Waals surface area contributed by atoms with Crippen LogP contribution in [0.25, 0.3) is 11.1 Å². The number of Topliss-reactive ketones (excluding diaryl/α,β-unsaturated/α-hetero) is 2. The van der Waals surface area contributed by atoms with Gasteiger partial charge in [0.05, 0.1) is 19.8 Å². The average molecular weight is 790 g/mol. The Hall–Kier alpha value is -5.24. The van der Waals surface area contributed by atoms with Crippen LogP contribution in [0.4, 0.5) is 22.7 Å². The van der Waals surface area contributed by atoms with Gasteiger partial charge >= 0.3 is 0 Å². The molecule has 20 heteroatoms. The molecule has 0 unspecified atom stereocenters. The number of amides is 2. The molecule has 52 heavy (non-hydrogen) atoms. The van der Waals surface area contributed by atoms with Crippen LogP contribution in [0.2, 0.25) is 10.0 Å². The Morgan fingerprint density at radius 3 is 1.17 bits per heavy atom. The lowest BCUT2D eigenvalue weighted by Gasteiger charge is -2.10. The van der Waals surface area contributed by atoms with E-state index in [9.17, 15) is 36.0 Å². The Morgan fingerprint density at radius 2 is 0.904 bits per heavy atom. The number of carbonyl (C=O) groups excluding carboxylic acids is 4. The molecule has 4 aromatic carbocycles. The molecule has 2 atom stereocenters. The van der Waals surface area contributed by atoms with Crippen molar-refractivity contribution in [3.05, 3.63) is 95.0 Å². The van der Waals surface area contributed by atoms with Crippen LogP contribution in [0, 0.1) is 0 Å². The van der Waals surface area contributed by atoms with Crippen molar-refractivity contribution in [2.24, 2.45) is 20.5 Å². The van der Waals surface area contributed by atoms with Crippen LogP contribution in [0.1, 0.15) is 13.8 Å². The predicted molar refractivity (Wildman–Crippen MR) is 190 cm³/mol. The fourth-order valence-electron chi connectivity index (χ4n) is 4.25. The molecule has 16 nitrogen and oxygen atoms in total. The summed E-state index contributed by atoms with van der Waals surface area (Å²) in [6, 6.07) is 15.3. The Bertz CT molecular complexity index is 2170. The molecule has 0 spiro atoms. The van der Waals surface area contributed by atoms with E-state index >= 15 is 0 Å². The van der Waals surface area contributed by atoms with Gasteiger partial charge in [0, 0.05) is 11.4 Å².